The normalized spacial score (nSPS) is 11.3. The van der Waals surface area contributed by atoms with Gasteiger partial charge in [-0.05, 0) is 40.6 Å². The first-order valence-electron chi connectivity index (χ1n) is 10.9. The first kappa shape index (κ1) is 21.2. The van der Waals surface area contributed by atoms with E-state index in [2.05, 4.69) is 4.98 Å². The molecule has 7 heteroatoms. The number of aromatic nitrogens is 1. The van der Waals surface area contributed by atoms with Gasteiger partial charge in [-0.25, -0.2) is 14.2 Å². The van der Waals surface area contributed by atoms with Crippen molar-refractivity contribution < 1.29 is 13.6 Å². The van der Waals surface area contributed by atoms with E-state index in [1.54, 1.807) is 24.3 Å². The van der Waals surface area contributed by atoms with E-state index in [0.29, 0.717) is 20.8 Å². The van der Waals surface area contributed by atoms with Crippen LogP contribution in [0.25, 0.3) is 32.0 Å². The Kier molecular flexibility index (Phi) is 5.12. The van der Waals surface area contributed by atoms with Crippen LogP contribution in [0.2, 0.25) is 0 Å². The van der Waals surface area contributed by atoms with Crippen LogP contribution in [0.3, 0.4) is 0 Å². The van der Waals surface area contributed by atoms with Gasteiger partial charge in [-0.1, -0.05) is 78.1 Å². The van der Waals surface area contributed by atoms with E-state index in [-0.39, 0.29) is 17.6 Å². The number of benzene rings is 4. The summed E-state index contributed by atoms with van der Waals surface area (Å²) in [5.74, 6) is -1.02. The molecule has 0 atom stereocenters. The second kappa shape index (κ2) is 8.45. The van der Waals surface area contributed by atoms with Gasteiger partial charge in [0.05, 0.1) is 11.2 Å². The van der Waals surface area contributed by atoms with Crippen molar-refractivity contribution in [1.29, 1.82) is 0 Å². The van der Waals surface area contributed by atoms with E-state index in [1.165, 1.54) is 22.3 Å². The number of nitrogens with zero attached hydrogens (tertiary/aromatic N) is 2. The second-order valence-corrected chi connectivity index (χ2v) is 9.12. The number of anilines is 1. The lowest BCUT2D eigenvalue weighted by Crippen LogP contribution is -2.33. The highest BCUT2D eigenvalue weighted by molar-refractivity contribution is 7.22. The van der Waals surface area contributed by atoms with Crippen LogP contribution in [0.15, 0.2) is 100 Å². The summed E-state index contributed by atoms with van der Waals surface area (Å²) in [5.41, 5.74) is 0.598. The van der Waals surface area contributed by atoms with Crippen molar-refractivity contribution in [2.45, 2.75) is 6.54 Å². The van der Waals surface area contributed by atoms with E-state index < -0.39 is 17.3 Å². The van der Waals surface area contributed by atoms with Crippen molar-refractivity contribution in [3.8, 4) is 0 Å². The molecule has 0 fully saturated rings. The van der Waals surface area contributed by atoms with Crippen LogP contribution in [0, 0.1) is 5.82 Å². The predicted octanol–water partition coefficient (Wildman–Crippen LogP) is 6.54. The van der Waals surface area contributed by atoms with E-state index in [4.69, 9.17) is 4.42 Å². The minimum absolute atomic E-state index is 0.107. The molecule has 0 spiro atoms. The Morgan fingerprint density at radius 1 is 0.914 bits per heavy atom. The third kappa shape index (κ3) is 3.76. The zero-order valence-corrected chi connectivity index (χ0v) is 19.1. The van der Waals surface area contributed by atoms with Crippen molar-refractivity contribution in [2.24, 2.45) is 0 Å². The summed E-state index contributed by atoms with van der Waals surface area (Å²) in [5, 5.41) is 2.81. The van der Waals surface area contributed by atoms with Crippen molar-refractivity contribution in [3.05, 3.63) is 118 Å². The van der Waals surface area contributed by atoms with Crippen LogP contribution in [0.5, 0.6) is 0 Å². The van der Waals surface area contributed by atoms with E-state index in [9.17, 15) is 14.0 Å². The third-order valence-electron chi connectivity index (χ3n) is 5.89. The summed E-state index contributed by atoms with van der Waals surface area (Å²) in [6.45, 7) is 0.161. The van der Waals surface area contributed by atoms with E-state index >= 15 is 0 Å². The predicted molar refractivity (Wildman–Crippen MR) is 137 cm³/mol. The number of hydrogen-bond acceptors (Lipinski definition) is 5. The largest absolute Gasteiger partial charge is 0.422 e. The summed E-state index contributed by atoms with van der Waals surface area (Å²) in [6.07, 6.45) is 0. The van der Waals surface area contributed by atoms with Crippen molar-refractivity contribution in [1.82, 2.24) is 4.98 Å². The zero-order valence-electron chi connectivity index (χ0n) is 18.3. The number of halogens is 1. The fourth-order valence-electron chi connectivity index (χ4n) is 4.18. The van der Waals surface area contributed by atoms with Crippen LogP contribution in [0.4, 0.5) is 9.52 Å². The molecule has 0 aliphatic rings. The Morgan fingerprint density at radius 2 is 1.71 bits per heavy atom. The monoisotopic (exact) mass is 480 g/mol. The molecule has 2 heterocycles. The highest BCUT2D eigenvalue weighted by atomic mass is 32.1. The number of para-hydroxylation sites is 1. The maximum atomic E-state index is 14.4. The SMILES string of the molecule is O=C(c1cc2c(ccc3ccccc32)oc1=O)N(Cc1ccccc1)c1nc2c(F)cccc2s1. The third-order valence-corrected chi connectivity index (χ3v) is 6.93. The fourth-order valence-corrected chi connectivity index (χ4v) is 5.15. The van der Waals surface area contributed by atoms with Gasteiger partial charge in [-0.2, -0.15) is 0 Å². The summed E-state index contributed by atoms with van der Waals surface area (Å²) >= 11 is 1.20. The van der Waals surface area contributed by atoms with Crippen LogP contribution in [-0.2, 0) is 6.54 Å². The Labute approximate surface area is 202 Å². The lowest BCUT2D eigenvalue weighted by molar-refractivity contribution is 0.0981. The van der Waals surface area contributed by atoms with Gasteiger partial charge in [0, 0.05) is 5.39 Å². The molecule has 6 rings (SSSR count). The Morgan fingerprint density at radius 3 is 2.54 bits per heavy atom. The minimum atomic E-state index is -0.733. The molecule has 0 unspecified atom stereocenters. The number of thiazole rings is 1. The van der Waals surface area contributed by atoms with Crippen molar-refractivity contribution >= 4 is 54.3 Å². The standard InChI is InChI=1S/C28H17FN2O3S/c29-22-11-6-12-24-25(22)30-28(35-24)31(16-17-7-2-1-3-8-17)26(32)21-15-20-19-10-5-4-9-18(19)13-14-23(20)34-27(21)33/h1-15H,16H2. The lowest BCUT2D eigenvalue weighted by Gasteiger charge is -2.20. The van der Waals surface area contributed by atoms with Crippen LogP contribution in [0.1, 0.15) is 15.9 Å². The number of fused-ring (bicyclic) bond motifs is 4. The van der Waals surface area contributed by atoms with Gasteiger partial charge in [0.15, 0.2) is 5.13 Å². The van der Waals surface area contributed by atoms with Gasteiger partial charge >= 0.3 is 5.63 Å². The summed E-state index contributed by atoms with van der Waals surface area (Å²) in [7, 11) is 0. The highest BCUT2D eigenvalue weighted by Crippen LogP contribution is 2.32. The second-order valence-electron chi connectivity index (χ2n) is 8.11. The summed E-state index contributed by atoms with van der Waals surface area (Å²) in [6, 6.07) is 26.9. The molecule has 4 aromatic carbocycles. The van der Waals surface area contributed by atoms with E-state index in [0.717, 1.165) is 16.3 Å². The molecule has 2 aromatic heterocycles. The Hall–Kier alpha value is -4.36. The van der Waals surface area contributed by atoms with Crippen LogP contribution >= 0.6 is 11.3 Å². The van der Waals surface area contributed by atoms with Crippen molar-refractivity contribution in [2.75, 3.05) is 4.90 Å². The maximum absolute atomic E-state index is 14.4. The zero-order chi connectivity index (χ0) is 23.9. The molecule has 1 amide bonds. The molecule has 5 nitrogen and oxygen atoms in total. The lowest BCUT2D eigenvalue weighted by atomic mass is 10.0. The topological polar surface area (TPSA) is 63.4 Å². The molecule has 0 bridgehead atoms. The van der Waals surface area contributed by atoms with Gasteiger partial charge in [-0.15, -0.1) is 0 Å². The molecule has 0 aliphatic carbocycles. The van der Waals surface area contributed by atoms with Gasteiger partial charge in [0.1, 0.15) is 22.5 Å². The molecule has 0 saturated heterocycles. The first-order chi connectivity index (χ1) is 17.1. The summed E-state index contributed by atoms with van der Waals surface area (Å²) in [4.78, 5) is 32.6. The summed E-state index contributed by atoms with van der Waals surface area (Å²) < 4.78 is 20.5. The van der Waals surface area contributed by atoms with E-state index in [1.807, 2.05) is 60.7 Å². The first-order valence-corrected chi connectivity index (χ1v) is 11.8. The van der Waals surface area contributed by atoms with Gasteiger partial charge < -0.3 is 4.42 Å². The molecule has 0 saturated carbocycles. The molecule has 0 radical (unpaired) electrons. The fraction of sp³-hybridized carbons (Fsp3) is 0.0357. The molecule has 0 N–H and O–H groups in total. The Bertz CT molecular complexity index is 1790. The quantitative estimate of drug-likeness (QED) is 0.212. The highest BCUT2D eigenvalue weighted by Gasteiger charge is 2.26. The van der Waals surface area contributed by atoms with Gasteiger partial charge in [0.25, 0.3) is 5.91 Å². The molecule has 0 aliphatic heterocycles. The average molecular weight is 481 g/mol. The minimum Gasteiger partial charge on any atom is -0.422 e. The molecule has 170 valence electrons. The van der Waals surface area contributed by atoms with Crippen LogP contribution < -0.4 is 10.5 Å². The number of rotatable bonds is 4. The number of hydrogen-bond donors (Lipinski definition) is 0. The number of carbonyl (C=O) groups is 1. The molecular weight excluding hydrogens is 463 g/mol. The maximum Gasteiger partial charge on any atom is 0.349 e. The van der Waals surface area contributed by atoms with Crippen molar-refractivity contribution in [3.63, 3.8) is 0 Å². The average Bonchev–Trinajstić information content (AvgIpc) is 3.32. The number of carbonyl (C=O) groups excluding carboxylic acids is 1. The molecular formula is C28H17FN2O3S. The van der Waals surface area contributed by atoms with Crippen LogP contribution in [-0.4, -0.2) is 10.9 Å². The van der Waals surface area contributed by atoms with Gasteiger partial charge in [-0.3, -0.25) is 9.69 Å². The molecule has 6 aromatic rings. The molecule has 35 heavy (non-hydrogen) atoms. The Balaban J connectivity index is 1.52. The smallest absolute Gasteiger partial charge is 0.349 e. The van der Waals surface area contributed by atoms with Gasteiger partial charge in [0.2, 0.25) is 0 Å². The number of amides is 1.